The fourth-order valence-electron chi connectivity index (χ4n) is 4.86. The van der Waals surface area contributed by atoms with Crippen LogP contribution >= 0.6 is 0 Å². The molecule has 0 saturated carbocycles. The quantitative estimate of drug-likeness (QED) is 0.186. The van der Waals surface area contributed by atoms with Gasteiger partial charge in [-0.15, -0.1) is 0 Å². The Bertz CT molecular complexity index is 1770. The summed E-state index contributed by atoms with van der Waals surface area (Å²) in [5, 5.41) is 2.69. The summed E-state index contributed by atoms with van der Waals surface area (Å²) in [6.07, 6.45) is -4.80. The molecule has 0 fully saturated rings. The molecule has 46 heavy (non-hydrogen) atoms. The van der Waals surface area contributed by atoms with E-state index in [1.165, 1.54) is 42.5 Å². The van der Waals surface area contributed by atoms with E-state index in [1.54, 1.807) is 50.2 Å². The van der Waals surface area contributed by atoms with Crippen molar-refractivity contribution in [3.05, 3.63) is 131 Å². The lowest BCUT2D eigenvalue weighted by Crippen LogP contribution is -2.53. The highest BCUT2D eigenvalue weighted by Crippen LogP contribution is 2.33. The van der Waals surface area contributed by atoms with Crippen molar-refractivity contribution >= 4 is 27.5 Å². The van der Waals surface area contributed by atoms with E-state index in [4.69, 9.17) is 0 Å². The van der Waals surface area contributed by atoms with Crippen molar-refractivity contribution in [2.75, 3.05) is 17.4 Å². The molecule has 1 N–H and O–H groups in total. The molecule has 0 aliphatic rings. The van der Waals surface area contributed by atoms with Crippen LogP contribution in [0, 0.1) is 12.7 Å². The molecule has 0 radical (unpaired) electrons. The molecule has 7 nitrogen and oxygen atoms in total. The van der Waals surface area contributed by atoms with Crippen LogP contribution in [-0.4, -0.2) is 44.3 Å². The smallest absolute Gasteiger partial charge is 0.355 e. The second kappa shape index (κ2) is 14.6. The number of nitrogens with one attached hydrogen (secondary N) is 1. The van der Waals surface area contributed by atoms with Crippen LogP contribution in [0.15, 0.2) is 108 Å². The number of hydrogen-bond donors (Lipinski definition) is 1. The average Bonchev–Trinajstić information content (AvgIpc) is 3.02. The number of carbonyl (C=O) groups is 2. The molecular formula is C34H33F4N3O4S. The predicted molar refractivity (Wildman–Crippen MR) is 167 cm³/mol. The molecule has 0 aliphatic carbocycles. The lowest BCUT2D eigenvalue weighted by molar-refractivity contribution is -0.140. The minimum Gasteiger partial charge on any atom is -0.355 e. The van der Waals surface area contributed by atoms with Crippen LogP contribution in [-0.2, 0) is 38.8 Å². The molecule has 1 atom stereocenters. The molecule has 12 heteroatoms. The maximum Gasteiger partial charge on any atom is 0.416 e. The zero-order valence-electron chi connectivity index (χ0n) is 25.2. The zero-order chi connectivity index (χ0) is 33.5. The van der Waals surface area contributed by atoms with E-state index in [2.05, 4.69) is 5.32 Å². The molecule has 4 aromatic carbocycles. The minimum atomic E-state index is -4.80. The average molecular weight is 656 g/mol. The van der Waals surface area contributed by atoms with E-state index in [0.717, 1.165) is 28.7 Å². The molecule has 0 bridgehead atoms. The summed E-state index contributed by atoms with van der Waals surface area (Å²) in [4.78, 5) is 28.6. The van der Waals surface area contributed by atoms with Crippen LogP contribution in [0.4, 0.5) is 23.2 Å². The summed E-state index contributed by atoms with van der Waals surface area (Å²) < 4.78 is 84.7. The van der Waals surface area contributed by atoms with Crippen LogP contribution in [0.3, 0.4) is 0 Å². The number of halogens is 4. The van der Waals surface area contributed by atoms with Crippen LogP contribution in [0.5, 0.6) is 0 Å². The Balaban J connectivity index is 1.84. The Morgan fingerprint density at radius 1 is 0.870 bits per heavy atom. The molecule has 0 aromatic heterocycles. The van der Waals surface area contributed by atoms with E-state index in [9.17, 15) is 35.6 Å². The fraction of sp³-hybridized carbons (Fsp3) is 0.235. The normalized spacial score (nSPS) is 12.3. The van der Waals surface area contributed by atoms with Gasteiger partial charge in [0, 0.05) is 25.1 Å². The number of likely N-dealkylation sites (N-methyl/N-ethyl adjacent to an activating group) is 1. The summed E-state index contributed by atoms with van der Waals surface area (Å²) in [5.41, 5.74) is -0.0547. The SMILES string of the molecule is CCNC(=O)[C@@H](Cc1ccccc1)N(Cc1ccccc1F)C(=O)CN(c1cccc(C(F)(F)F)c1)S(=O)(=O)c1ccc(C)cc1. The molecule has 2 amide bonds. The van der Waals surface area contributed by atoms with Gasteiger partial charge >= 0.3 is 6.18 Å². The van der Waals surface area contributed by atoms with Crippen molar-refractivity contribution in [2.24, 2.45) is 0 Å². The molecule has 0 heterocycles. The highest BCUT2D eigenvalue weighted by molar-refractivity contribution is 7.92. The number of alkyl halides is 3. The number of nitrogens with zero attached hydrogens (tertiary/aromatic N) is 2. The van der Waals surface area contributed by atoms with Crippen LogP contribution in [0.25, 0.3) is 0 Å². The van der Waals surface area contributed by atoms with E-state index < -0.39 is 64.2 Å². The lowest BCUT2D eigenvalue weighted by Gasteiger charge is -2.34. The fourth-order valence-corrected chi connectivity index (χ4v) is 6.27. The van der Waals surface area contributed by atoms with Crippen LogP contribution < -0.4 is 9.62 Å². The Labute approximate surface area is 265 Å². The highest BCUT2D eigenvalue weighted by Gasteiger charge is 2.36. The van der Waals surface area contributed by atoms with Gasteiger partial charge in [-0.05, 0) is 55.8 Å². The van der Waals surface area contributed by atoms with Crippen molar-refractivity contribution in [2.45, 2.75) is 43.9 Å². The van der Waals surface area contributed by atoms with Gasteiger partial charge in [0.25, 0.3) is 10.0 Å². The predicted octanol–water partition coefficient (Wildman–Crippen LogP) is 6.12. The topological polar surface area (TPSA) is 86.8 Å². The highest BCUT2D eigenvalue weighted by atomic mass is 32.2. The van der Waals surface area contributed by atoms with E-state index in [0.29, 0.717) is 15.9 Å². The maximum absolute atomic E-state index is 14.9. The third-order valence-corrected chi connectivity index (χ3v) is 9.06. The standard InChI is InChI=1S/C34H33F4N3O4S/c1-3-39-33(43)31(20-25-10-5-4-6-11-25)40(22-26-12-7-8-15-30(26)35)32(42)23-41(28-14-9-13-27(21-28)34(36,37)38)46(44,45)29-18-16-24(2)17-19-29/h4-19,21,31H,3,20,22-23H2,1-2H3,(H,39,43)/t31-/m1/s1. The molecule has 0 saturated heterocycles. The first-order valence-electron chi connectivity index (χ1n) is 14.4. The first kappa shape index (κ1) is 34.2. The van der Waals surface area contributed by atoms with Gasteiger partial charge < -0.3 is 10.2 Å². The summed E-state index contributed by atoms with van der Waals surface area (Å²) >= 11 is 0. The van der Waals surface area contributed by atoms with Gasteiger partial charge in [0.1, 0.15) is 18.4 Å². The second-order valence-corrected chi connectivity index (χ2v) is 12.4. The number of amides is 2. The van der Waals surface area contributed by atoms with Gasteiger partial charge in [-0.3, -0.25) is 13.9 Å². The number of aryl methyl sites for hydroxylation is 1. The summed E-state index contributed by atoms with van der Waals surface area (Å²) in [6.45, 7) is 2.24. The molecule has 0 unspecified atom stereocenters. The number of hydrogen-bond acceptors (Lipinski definition) is 4. The van der Waals surface area contributed by atoms with E-state index in [-0.39, 0.29) is 23.4 Å². The van der Waals surface area contributed by atoms with Gasteiger partial charge in [-0.2, -0.15) is 13.2 Å². The van der Waals surface area contributed by atoms with Crippen LogP contribution in [0.2, 0.25) is 0 Å². The number of carbonyl (C=O) groups excluding carboxylic acids is 2. The first-order valence-corrected chi connectivity index (χ1v) is 15.9. The molecule has 4 rings (SSSR count). The third kappa shape index (κ3) is 8.30. The Morgan fingerprint density at radius 2 is 1.52 bits per heavy atom. The minimum absolute atomic E-state index is 0.00113. The Kier molecular flexibility index (Phi) is 10.8. The van der Waals surface area contributed by atoms with Gasteiger partial charge in [0.2, 0.25) is 11.8 Å². The van der Waals surface area contributed by atoms with Gasteiger partial charge in [0.15, 0.2) is 0 Å². The Morgan fingerprint density at radius 3 is 2.15 bits per heavy atom. The molecule has 0 aliphatic heterocycles. The van der Waals surface area contributed by atoms with Crippen molar-refractivity contribution in [3.8, 4) is 0 Å². The van der Waals surface area contributed by atoms with Crippen molar-refractivity contribution in [3.63, 3.8) is 0 Å². The largest absolute Gasteiger partial charge is 0.416 e. The van der Waals surface area contributed by atoms with Gasteiger partial charge in [-0.1, -0.05) is 72.3 Å². The van der Waals surface area contributed by atoms with E-state index in [1.807, 2.05) is 0 Å². The summed E-state index contributed by atoms with van der Waals surface area (Å²) in [5.74, 6) is -2.15. The second-order valence-electron chi connectivity index (χ2n) is 10.6. The van der Waals surface area contributed by atoms with Crippen LogP contribution in [0.1, 0.15) is 29.2 Å². The van der Waals surface area contributed by atoms with Crippen molar-refractivity contribution in [1.82, 2.24) is 10.2 Å². The monoisotopic (exact) mass is 655 g/mol. The number of rotatable bonds is 12. The van der Waals surface area contributed by atoms with Gasteiger partial charge in [-0.25, -0.2) is 12.8 Å². The third-order valence-electron chi connectivity index (χ3n) is 7.27. The van der Waals surface area contributed by atoms with Crippen molar-refractivity contribution in [1.29, 1.82) is 0 Å². The maximum atomic E-state index is 14.9. The molecular weight excluding hydrogens is 622 g/mol. The van der Waals surface area contributed by atoms with Crippen molar-refractivity contribution < 1.29 is 35.6 Å². The molecule has 0 spiro atoms. The summed E-state index contributed by atoms with van der Waals surface area (Å²) in [7, 11) is -4.61. The van der Waals surface area contributed by atoms with E-state index >= 15 is 0 Å². The Hall–Kier alpha value is -4.71. The molecule has 242 valence electrons. The number of anilines is 1. The number of benzene rings is 4. The zero-order valence-corrected chi connectivity index (χ0v) is 26.0. The summed E-state index contributed by atoms with van der Waals surface area (Å²) in [6, 6.07) is 22.4. The number of sulfonamides is 1. The van der Waals surface area contributed by atoms with Gasteiger partial charge in [0.05, 0.1) is 16.1 Å². The first-order chi connectivity index (χ1) is 21.8. The lowest BCUT2D eigenvalue weighted by atomic mass is 10.0. The molecule has 4 aromatic rings.